The molecule has 0 fully saturated rings. The second-order valence-electron chi connectivity index (χ2n) is 8.48. The fraction of sp³-hybridized carbons (Fsp3) is 0.286. The van der Waals surface area contributed by atoms with Gasteiger partial charge in [-0.15, -0.1) is 0 Å². The third-order valence-electron chi connectivity index (χ3n) is 6.03. The van der Waals surface area contributed by atoms with Crippen LogP contribution >= 0.6 is 0 Å². The molecular weight excluding hydrogens is 485 g/mol. The quantitative estimate of drug-likeness (QED) is 0.239. The summed E-state index contributed by atoms with van der Waals surface area (Å²) in [6.07, 6.45) is -2.57. The Morgan fingerprint density at radius 2 is 1.68 bits per heavy atom. The second kappa shape index (κ2) is 10.9. The van der Waals surface area contributed by atoms with Gasteiger partial charge in [-0.25, -0.2) is 9.78 Å². The zero-order valence-corrected chi connectivity index (χ0v) is 20.5. The van der Waals surface area contributed by atoms with Gasteiger partial charge >= 0.3 is 12.1 Å². The van der Waals surface area contributed by atoms with Gasteiger partial charge in [-0.3, -0.25) is 0 Å². The van der Waals surface area contributed by atoms with Crippen molar-refractivity contribution in [1.29, 1.82) is 0 Å². The Labute approximate surface area is 212 Å². The maximum Gasteiger partial charge on any atom is 0.423 e. The average molecular weight is 513 g/mol. The number of hydrogen-bond donors (Lipinski definition) is 0. The van der Waals surface area contributed by atoms with Gasteiger partial charge in [-0.05, 0) is 55.8 Å². The first kappa shape index (κ1) is 26.1. The van der Waals surface area contributed by atoms with Crippen molar-refractivity contribution in [1.82, 2.24) is 9.55 Å². The Bertz CT molecular complexity index is 1300. The summed E-state index contributed by atoms with van der Waals surface area (Å²) in [6, 6.07) is 18.7. The molecule has 37 heavy (non-hydrogen) atoms. The van der Waals surface area contributed by atoms with Crippen molar-refractivity contribution in [2.45, 2.75) is 38.4 Å². The van der Waals surface area contributed by atoms with Crippen molar-refractivity contribution >= 4 is 5.97 Å². The fourth-order valence-electron chi connectivity index (χ4n) is 4.10. The van der Waals surface area contributed by atoms with Crippen LogP contribution in [0.2, 0.25) is 0 Å². The molecule has 0 bridgehead atoms. The van der Waals surface area contributed by atoms with Crippen LogP contribution in [0.4, 0.5) is 13.2 Å². The van der Waals surface area contributed by atoms with Crippen molar-refractivity contribution in [2.24, 2.45) is 0 Å². The third kappa shape index (κ3) is 5.55. The molecule has 0 aliphatic heterocycles. The lowest BCUT2D eigenvalue weighted by Crippen LogP contribution is -2.56. The van der Waals surface area contributed by atoms with Gasteiger partial charge in [0.15, 0.2) is 0 Å². The molecule has 0 radical (unpaired) electrons. The van der Waals surface area contributed by atoms with Crippen molar-refractivity contribution in [2.75, 3.05) is 13.2 Å². The molecule has 1 atom stereocenters. The SMILES string of the molecule is CCOC(=O)C(Cc1ccc(OCCc2nc(-c3ccccc3)oc2C)cc1)(n1cccc1)C(F)(F)F. The number of carbonyl (C=O) groups excluding carboxylic acids is 1. The standard InChI is InChI=1S/C28H27F3N2O4/c1-3-35-26(34)27(28(29,30)31,33-16-7-8-17-33)19-21-11-13-23(14-12-21)36-18-15-24-20(2)37-25(32-24)22-9-5-4-6-10-22/h4-14,16-17H,3,15,18-19H2,1-2H3. The number of aryl methyl sites for hydroxylation is 1. The minimum absolute atomic E-state index is 0.164. The third-order valence-corrected chi connectivity index (χ3v) is 6.03. The first-order chi connectivity index (χ1) is 17.7. The predicted molar refractivity (Wildman–Crippen MR) is 131 cm³/mol. The fourth-order valence-corrected chi connectivity index (χ4v) is 4.10. The van der Waals surface area contributed by atoms with Gasteiger partial charge in [-0.2, -0.15) is 13.2 Å². The van der Waals surface area contributed by atoms with Crippen LogP contribution in [0.5, 0.6) is 5.75 Å². The van der Waals surface area contributed by atoms with Gasteiger partial charge in [0.05, 0.1) is 18.9 Å². The molecule has 194 valence electrons. The van der Waals surface area contributed by atoms with Crippen molar-refractivity contribution < 1.29 is 31.9 Å². The molecule has 1 unspecified atom stereocenters. The summed E-state index contributed by atoms with van der Waals surface area (Å²) in [4.78, 5) is 17.2. The predicted octanol–water partition coefficient (Wildman–Crippen LogP) is 6.14. The van der Waals surface area contributed by atoms with Gasteiger partial charge in [0.1, 0.15) is 11.5 Å². The van der Waals surface area contributed by atoms with E-state index in [4.69, 9.17) is 13.9 Å². The van der Waals surface area contributed by atoms with E-state index >= 15 is 0 Å². The van der Waals surface area contributed by atoms with Gasteiger partial charge in [0, 0.05) is 30.8 Å². The summed E-state index contributed by atoms with van der Waals surface area (Å²) >= 11 is 0. The van der Waals surface area contributed by atoms with Crippen molar-refractivity contribution in [3.05, 3.63) is 96.1 Å². The van der Waals surface area contributed by atoms with Crippen LogP contribution in [0.25, 0.3) is 11.5 Å². The highest BCUT2D eigenvalue weighted by Crippen LogP contribution is 2.41. The van der Waals surface area contributed by atoms with Crippen molar-refractivity contribution in [3.63, 3.8) is 0 Å². The largest absolute Gasteiger partial charge is 0.493 e. The van der Waals surface area contributed by atoms with E-state index in [1.54, 1.807) is 12.1 Å². The monoisotopic (exact) mass is 512 g/mol. The van der Waals surface area contributed by atoms with E-state index in [1.165, 1.54) is 43.6 Å². The zero-order valence-electron chi connectivity index (χ0n) is 20.5. The molecule has 2 aromatic carbocycles. The lowest BCUT2D eigenvalue weighted by molar-refractivity contribution is -0.227. The molecule has 0 saturated carbocycles. The number of esters is 1. The van der Waals surface area contributed by atoms with E-state index in [-0.39, 0.29) is 6.61 Å². The molecule has 0 N–H and O–H groups in total. The molecule has 0 amide bonds. The van der Waals surface area contributed by atoms with Crippen LogP contribution in [-0.2, 0) is 27.9 Å². The van der Waals surface area contributed by atoms with Gasteiger partial charge < -0.3 is 18.5 Å². The molecule has 2 aromatic heterocycles. The summed E-state index contributed by atoms with van der Waals surface area (Å²) < 4.78 is 60.4. The Balaban J connectivity index is 1.45. The lowest BCUT2D eigenvalue weighted by Gasteiger charge is -2.35. The van der Waals surface area contributed by atoms with E-state index in [9.17, 15) is 18.0 Å². The molecule has 0 spiro atoms. The van der Waals surface area contributed by atoms with E-state index in [1.807, 2.05) is 37.3 Å². The summed E-state index contributed by atoms with van der Waals surface area (Å²) in [5.41, 5.74) is -0.917. The Morgan fingerprint density at radius 3 is 2.30 bits per heavy atom. The molecule has 6 nitrogen and oxygen atoms in total. The smallest absolute Gasteiger partial charge is 0.423 e. The zero-order chi connectivity index (χ0) is 26.5. The van der Waals surface area contributed by atoms with Crippen LogP contribution < -0.4 is 4.74 Å². The maximum absolute atomic E-state index is 14.4. The van der Waals surface area contributed by atoms with E-state index < -0.39 is 24.1 Å². The molecule has 2 heterocycles. The van der Waals surface area contributed by atoms with E-state index in [0.717, 1.165) is 15.8 Å². The Kier molecular flexibility index (Phi) is 7.71. The highest BCUT2D eigenvalue weighted by molar-refractivity contribution is 5.80. The van der Waals surface area contributed by atoms with Crippen LogP contribution in [0, 0.1) is 6.92 Å². The summed E-state index contributed by atoms with van der Waals surface area (Å²) in [5.74, 6) is 0.375. The minimum Gasteiger partial charge on any atom is -0.493 e. The molecule has 4 rings (SSSR count). The normalized spacial score (nSPS) is 13.2. The molecule has 9 heteroatoms. The number of halogens is 3. The van der Waals surface area contributed by atoms with E-state index in [2.05, 4.69) is 4.98 Å². The number of rotatable bonds is 10. The molecular formula is C28H27F3N2O4. The number of benzene rings is 2. The molecule has 4 aromatic rings. The van der Waals surface area contributed by atoms with E-state index in [0.29, 0.717) is 36.0 Å². The molecule has 0 aliphatic rings. The molecule has 0 aliphatic carbocycles. The number of alkyl halides is 3. The summed E-state index contributed by atoms with van der Waals surface area (Å²) in [5, 5.41) is 0. The number of carbonyl (C=O) groups is 1. The first-order valence-corrected chi connectivity index (χ1v) is 11.9. The van der Waals surface area contributed by atoms with Gasteiger partial charge in [-0.1, -0.05) is 30.3 Å². The Morgan fingerprint density at radius 1 is 1.00 bits per heavy atom. The van der Waals surface area contributed by atoms with Crippen LogP contribution in [0.1, 0.15) is 23.9 Å². The average Bonchev–Trinajstić information content (AvgIpc) is 3.54. The van der Waals surface area contributed by atoms with Crippen LogP contribution in [-0.4, -0.2) is 34.9 Å². The molecule has 0 saturated heterocycles. The lowest BCUT2D eigenvalue weighted by atomic mass is 9.89. The van der Waals surface area contributed by atoms with Crippen molar-refractivity contribution in [3.8, 4) is 17.2 Å². The van der Waals surface area contributed by atoms with Crippen LogP contribution in [0.15, 0.2) is 83.5 Å². The van der Waals surface area contributed by atoms with Gasteiger partial charge in [0.2, 0.25) is 11.4 Å². The number of aromatic nitrogens is 2. The van der Waals surface area contributed by atoms with Crippen LogP contribution in [0.3, 0.4) is 0 Å². The maximum atomic E-state index is 14.4. The summed E-state index contributed by atoms with van der Waals surface area (Å²) in [7, 11) is 0. The topological polar surface area (TPSA) is 66.5 Å². The minimum atomic E-state index is -4.89. The first-order valence-electron chi connectivity index (χ1n) is 11.9. The Hall–Kier alpha value is -4.01. The second-order valence-corrected chi connectivity index (χ2v) is 8.48. The number of hydrogen-bond acceptors (Lipinski definition) is 5. The number of oxazole rings is 1. The highest BCUT2D eigenvalue weighted by atomic mass is 19.4. The number of ether oxygens (including phenoxy) is 2. The van der Waals surface area contributed by atoms with Gasteiger partial charge in [0.25, 0.3) is 0 Å². The number of nitrogens with zero attached hydrogens (tertiary/aromatic N) is 2. The summed E-state index contributed by atoms with van der Waals surface area (Å²) in [6.45, 7) is 3.46. The highest BCUT2D eigenvalue weighted by Gasteiger charge is 2.62.